The van der Waals surface area contributed by atoms with Crippen molar-refractivity contribution in [3.8, 4) is 0 Å². The van der Waals surface area contributed by atoms with Gasteiger partial charge in [-0.25, -0.2) is 4.79 Å². The van der Waals surface area contributed by atoms with Crippen molar-refractivity contribution in [1.82, 2.24) is 9.13 Å². The number of nitrogens with one attached hydrogen (secondary N) is 1. The van der Waals surface area contributed by atoms with E-state index in [0.717, 1.165) is 0 Å². The average Bonchev–Trinajstić information content (AvgIpc) is 3.12. The summed E-state index contributed by atoms with van der Waals surface area (Å²) < 4.78 is 3.11. The van der Waals surface area contributed by atoms with E-state index in [1.54, 1.807) is 11.4 Å². The molecule has 0 atom stereocenters. The highest BCUT2D eigenvalue weighted by Crippen LogP contribution is 2.18. The number of rotatable bonds is 6. The van der Waals surface area contributed by atoms with Gasteiger partial charge in [0.25, 0.3) is 5.56 Å². The van der Waals surface area contributed by atoms with E-state index < -0.39 is 5.69 Å². The molecule has 2 heterocycles. The Balaban J connectivity index is 1.91. The number of anilines is 1. The number of fused-ring (bicyclic) bond motifs is 1. The first-order chi connectivity index (χ1) is 13.3. The number of carbonyl (C=O) groups is 1. The molecule has 148 valence electrons. The molecule has 0 saturated heterocycles. The van der Waals surface area contributed by atoms with Gasteiger partial charge in [0.05, 0.1) is 5.52 Å². The van der Waals surface area contributed by atoms with Crippen LogP contribution in [0, 0.1) is 5.92 Å². The van der Waals surface area contributed by atoms with Gasteiger partial charge in [0, 0.05) is 12.2 Å². The molecule has 3 aromatic rings. The smallest absolute Gasteiger partial charge is 0.325 e. The standard InChI is InChI=1S/C21H25N3O3S/c1-13(2)11-24-20(26)19-17(9-10-28-19)23(21(24)27)12-18(25)22-16-7-5-15(6-8-16)14(3)4/h5-10,13-14H,11-12H2,1-4H3,(H,22,25). The predicted molar refractivity (Wildman–Crippen MR) is 114 cm³/mol. The maximum absolute atomic E-state index is 12.9. The molecule has 7 heteroatoms. The van der Waals surface area contributed by atoms with E-state index in [1.807, 2.05) is 38.1 Å². The highest BCUT2D eigenvalue weighted by Gasteiger charge is 2.17. The van der Waals surface area contributed by atoms with E-state index in [9.17, 15) is 14.4 Å². The van der Waals surface area contributed by atoms with Gasteiger partial charge in [-0.1, -0.05) is 39.8 Å². The summed E-state index contributed by atoms with van der Waals surface area (Å²) in [7, 11) is 0. The van der Waals surface area contributed by atoms with Crippen LogP contribution in [0.3, 0.4) is 0 Å². The third-order valence-corrected chi connectivity index (χ3v) is 5.44. The molecular formula is C21H25N3O3S. The van der Waals surface area contributed by atoms with Gasteiger partial charge in [-0.05, 0) is 41.0 Å². The van der Waals surface area contributed by atoms with Crippen molar-refractivity contribution in [2.75, 3.05) is 5.32 Å². The molecule has 0 saturated carbocycles. The maximum Gasteiger partial charge on any atom is 0.332 e. The molecule has 0 unspecified atom stereocenters. The van der Waals surface area contributed by atoms with Crippen LogP contribution >= 0.6 is 11.3 Å². The van der Waals surface area contributed by atoms with Gasteiger partial charge in [0.1, 0.15) is 11.2 Å². The Morgan fingerprint density at radius 3 is 2.32 bits per heavy atom. The molecule has 1 amide bonds. The van der Waals surface area contributed by atoms with Crippen LogP contribution in [0.5, 0.6) is 0 Å². The normalized spacial score (nSPS) is 11.5. The molecule has 1 aromatic carbocycles. The molecule has 0 spiro atoms. The van der Waals surface area contributed by atoms with E-state index >= 15 is 0 Å². The summed E-state index contributed by atoms with van der Waals surface area (Å²) in [6.07, 6.45) is 0. The third kappa shape index (κ3) is 4.09. The number of thiophene rings is 1. The minimum atomic E-state index is -0.449. The minimum Gasteiger partial charge on any atom is -0.325 e. The van der Waals surface area contributed by atoms with Crippen LogP contribution in [-0.2, 0) is 17.9 Å². The lowest BCUT2D eigenvalue weighted by Gasteiger charge is -2.14. The quantitative estimate of drug-likeness (QED) is 0.688. The minimum absolute atomic E-state index is 0.142. The second-order valence-electron chi connectivity index (χ2n) is 7.64. The lowest BCUT2D eigenvalue weighted by Crippen LogP contribution is -2.42. The molecule has 28 heavy (non-hydrogen) atoms. The van der Waals surface area contributed by atoms with Gasteiger partial charge in [0.2, 0.25) is 5.91 Å². The summed E-state index contributed by atoms with van der Waals surface area (Å²) in [5.41, 5.74) is 1.64. The summed E-state index contributed by atoms with van der Waals surface area (Å²) in [5.74, 6) is 0.253. The first-order valence-corrected chi connectivity index (χ1v) is 10.3. The second-order valence-corrected chi connectivity index (χ2v) is 8.55. The Labute approximate surface area is 167 Å². The lowest BCUT2D eigenvalue weighted by atomic mass is 10.0. The molecule has 0 aliphatic heterocycles. The third-order valence-electron chi connectivity index (χ3n) is 4.55. The zero-order chi connectivity index (χ0) is 20.4. The molecule has 0 aliphatic rings. The van der Waals surface area contributed by atoms with Crippen molar-refractivity contribution in [2.45, 2.75) is 46.7 Å². The van der Waals surface area contributed by atoms with Crippen LogP contribution < -0.4 is 16.6 Å². The number of nitrogens with zero attached hydrogens (tertiary/aromatic N) is 2. The van der Waals surface area contributed by atoms with Gasteiger partial charge in [-0.3, -0.25) is 18.7 Å². The molecule has 6 nitrogen and oxygen atoms in total. The SMILES string of the molecule is CC(C)Cn1c(=O)c2sccc2n(CC(=O)Nc2ccc(C(C)C)cc2)c1=O. The Hall–Kier alpha value is -2.67. The molecule has 0 bridgehead atoms. The van der Waals surface area contributed by atoms with E-state index in [2.05, 4.69) is 19.2 Å². The van der Waals surface area contributed by atoms with Crippen LogP contribution in [0.15, 0.2) is 45.3 Å². The molecular weight excluding hydrogens is 374 g/mol. The number of carbonyl (C=O) groups excluding carboxylic acids is 1. The molecule has 1 N–H and O–H groups in total. The van der Waals surface area contributed by atoms with Crippen molar-refractivity contribution < 1.29 is 4.79 Å². The van der Waals surface area contributed by atoms with Gasteiger partial charge >= 0.3 is 5.69 Å². The van der Waals surface area contributed by atoms with E-state index in [4.69, 9.17) is 0 Å². The van der Waals surface area contributed by atoms with Crippen molar-refractivity contribution in [1.29, 1.82) is 0 Å². The molecule has 2 aromatic heterocycles. The fourth-order valence-corrected chi connectivity index (χ4v) is 3.95. The highest BCUT2D eigenvalue weighted by molar-refractivity contribution is 7.17. The van der Waals surface area contributed by atoms with E-state index in [1.165, 1.54) is 26.0 Å². The number of aromatic nitrogens is 2. The van der Waals surface area contributed by atoms with Gasteiger partial charge < -0.3 is 5.32 Å². The maximum atomic E-state index is 12.9. The topological polar surface area (TPSA) is 73.1 Å². The van der Waals surface area contributed by atoms with Crippen molar-refractivity contribution in [3.05, 3.63) is 62.1 Å². The largest absolute Gasteiger partial charge is 0.332 e. The number of hydrogen-bond acceptors (Lipinski definition) is 4. The molecule has 0 aliphatic carbocycles. The zero-order valence-corrected chi connectivity index (χ0v) is 17.4. The first-order valence-electron chi connectivity index (χ1n) is 9.38. The van der Waals surface area contributed by atoms with Gasteiger partial charge in [0.15, 0.2) is 0 Å². The molecule has 0 fully saturated rings. The second kappa shape index (κ2) is 8.14. The van der Waals surface area contributed by atoms with Crippen LogP contribution in [0.25, 0.3) is 10.2 Å². The van der Waals surface area contributed by atoms with Crippen LogP contribution in [0.1, 0.15) is 39.2 Å². The fourth-order valence-electron chi connectivity index (χ4n) is 3.11. The van der Waals surface area contributed by atoms with E-state index in [0.29, 0.717) is 28.4 Å². The monoisotopic (exact) mass is 399 g/mol. The summed E-state index contributed by atoms with van der Waals surface area (Å²) in [6, 6.07) is 9.39. The Morgan fingerprint density at radius 2 is 1.71 bits per heavy atom. The fraction of sp³-hybridized carbons (Fsp3) is 0.381. The summed E-state index contributed by atoms with van der Waals surface area (Å²) >= 11 is 1.29. The van der Waals surface area contributed by atoms with Crippen LogP contribution in [-0.4, -0.2) is 15.0 Å². The lowest BCUT2D eigenvalue weighted by molar-refractivity contribution is -0.116. The van der Waals surface area contributed by atoms with Crippen LogP contribution in [0.4, 0.5) is 5.69 Å². The van der Waals surface area contributed by atoms with Crippen molar-refractivity contribution in [2.24, 2.45) is 5.92 Å². The Kier molecular flexibility index (Phi) is 5.84. The Morgan fingerprint density at radius 1 is 1.04 bits per heavy atom. The van der Waals surface area contributed by atoms with Crippen molar-refractivity contribution >= 4 is 33.1 Å². The van der Waals surface area contributed by atoms with Gasteiger partial charge in [-0.2, -0.15) is 0 Å². The van der Waals surface area contributed by atoms with Crippen molar-refractivity contribution in [3.63, 3.8) is 0 Å². The summed E-state index contributed by atoms with van der Waals surface area (Å²) in [5, 5.41) is 4.60. The average molecular weight is 400 g/mol. The Bertz CT molecular complexity index is 1100. The number of benzene rings is 1. The molecule has 3 rings (SSSR count). The first kappa shape index (κ1) is 20.1. The van der Waals surface area contributed by atoms with Crippen LogP contribution in [0.2, 0.25) is 0 Å². The highest BCUT2D eigenvalue weighted by atomic mass is 32.1. The molecule has 0 radical (unpaired) electrons. The van der Waals surface area contributed by atoms with Gasteiger partial charge in [-0.15, -0.1) is 11.3 Å². The predicted octanol–water partition coefficient (Wildman–Crippen LogP) is 3.64. The number of amides is 1. The van der Waals surface area contributed by atoms with E-state index in [-0.39, 0.29) is 23.9 Å². The summed E-state index contributed by atoms with van der Waals surface area (Å²) in [4.78, 5) is 38.1. The summed E-state index contributed by atoms with van der Waals surface area (Å²) in [6.45, 7) is 8.29. The zero-order valence-electron chi connectivity index (χ0n) is 16.6. The number of hydrogen-bond donors (Lipinski definition) is 1.